The molecule has 0 bridgehead atoms. The Labute approximate surface area is 126 Å². The van der Waals surface area contributed by atoms with Crippen molar-refractivity contribution in [3.63, 3.8) is 0 Å². The number of rotatable bonds is 4. The molecule has 0 radical (unpaired) electrons. The van der Waals surface area contributed by atoms with E-state index in [0.29, 0.717) is 5.82 Å². The average molecular weight is 299 g/mol. The molecule has 2 aromatic heterocycles. The number of benzene rings is 1. The van der Waals surface area contributed by atoms with E-state index in [-0.39, 0.29) is 5.82 Å². The Bertz CT molecular complexity index is 720. The average Bonchev–Trinajstić information content (AvgIpc) is 2.98. The Morgan fingerprint density at radius 3 is 2.62 bits per heavy atom. The van der Waals surface area contributed by atoms with Crippen LogP contribution in [0.3, 0.4) is 0 Å². The Morgan fingerprint density at radius 2 is 1.95 bits per heavy atom. The first-order chi connectivity index (χ1) is 10.2. The molecule has 106 valence electrons. The number of hydrogen-bond acceptors (Lipinski definition) is 4. The van der Waals surface area contributed by atoms with E-state index < -0.39 is 0 Å². The van der Waals surface area contributed by atoms with Gasteiger partial charge in [-0.25, -0.2) is 14.4 Å². The van der Waals surface area contributed by atoms with E-state index >= 15 is 0 Å². The minimum absolute atomic E-state index is 0.351. The smallest absolute Gasteiger partial charge is 0.188 e. The number of thiazole rings is 1. The van der Waals surface area contributed by atoms with Gasteiger partial charge in [0.1, 0.15) is 11.6 Å². The first-order valence-electron chi connectivity index (χ1n) is 6.68. The predicted molar refractivity (Wildman–Crippen MR) is 84.4 cm³/mol. The summed E-state index contributed by atoms with van der Waals surface area (Å²) < 4.78 is 12.8. The third kappa shape index (κ3) is 3.25. The van der Waals surface area contributed by atoms with Crippen LogP contribution in [0.2, 0.25) is 0 Å². The van der Waals surface area contributed by atoms with E-state index in [1.54, 1.807) is 6.07 Å². The Balaban J connectivity index is 1.77. The zero-order valence-electron chi connectivity index (χ0n) is 11.5. The summed E-state index contributed by atoms with van der Waals surface area (Å²) in [6.07, 6.45) is 2.21. The monoisotopic (exact) mass is 299 g/mol. The third-order valence-corrected chi connectivity index (χ3v) is 3.88. The highest BCUT2D eigenvalue weighted by Gasteiger charge is 2.05. The van der Waals surface area contributed by atoms with Gasteiger partial charge in [0.25, 0.3) is 0 Å². The number of nitrogens with zero attached hydrogens (tertiary/aromatic N) is 2. The van der Waals surface area contributed by atoms with Crippen LogP contribution in [0.15, 0.2) is 48.0 Å². The highest BCUT2D eigenvalue weighted by Crippen LogP contribution is 2.26. The van der Waals surface area contributed by atoms with Gasteiger partial charge in [0.05, 0.1) is 11.9 Å². The molecule has 3 rings (SSSR count). The van der Waals surface area contributed by atoms with Crippen molar-refractivity contribution >= 4 is 22.3 Å². The lowest BCUT2D eigenvalue weighted by atomic mass is 10.1. The quantitative estimate of drug-likeness (QED) is 0.762. The Kier molecular flexibility index (Phi) is 3.92. The molecule has 1 N–H and O–H groups in total. The van der Waals surface area contributed by atoms with Crippen LogP contribution >= 0.6 is 11.3 Å². The van der Waals surface area contributed by atoms with E-state index in [1.165, 1.54) is 29.2 Å². The second-order valence-electron chi connectivity index (χ2n) is 4.58. The molecule has 3 nitrogen and oxygen atoms in total. The van der Waals surface area contributed by atoms with Crippen LogP contribution in [0, 0.1) is 5.82 Å². The van der Waals surface area contributed by atoms with Gasteiger partial charge in [-0.1, -0.05) is 31.2 Å². The van der Waals surface area contributed by atoms with E-state index in [9.17, 15) is 4.39 Å². The Hall–Kier alpha value is -2.27. The maximum atomic E-state index is 12.8. The molecule has 0 saturated carbocycles. The first-order valence-corrected chi connectivity index (χ1v) is 7.56. The molecule has 0 aliphatic rings. The molecule has 0 unspecified atom stereocenters. The molecule has 0 aliphatic heterocycles. The van der Waals surface area contributed by atoms with Gasteiger partial charge in [-0.3, -0.25) is 0 Å². The summed E-state index contributed by atoms with van der Waals surface area (Å²) in [5.41, 5.74) is 3.32. The van der Waals surface area contributed by atoms with Crippen molar-refractivity contribution < 1.29 is 4.39 Å². The number of pyridine rings is 1. The summed E-state index contributed by atoms with van der Waals surface area (Å²) >= 11 is 1.50. The number of aromatic nitrogens is 2. The third-order valence-electron chi connectivity index (χ3n) is 3.12. The van der Waals surface area contributed by atoms with Crippen molar-refractivity contribution in [3.8, 4) is 11.3 Å². The molecule has 0 amide bonds. The highest BCUT2D eigenvalue weighted by atomic mass is 32.1. The van der Waals surface area contributed by atoms with Crippen LogP contribution < -0.4 is 5.32 Å². The lowest BCUT2D eigenvalue weighted by Crippen LogP contribution is -1.93. The summed E-state index contributed by atoms with van der Waals surface area (Å²) in [6.45, 7) is 2.13. The number of aryl methyl sites for hydroxylation is 1. The van der Waals surface area contributed by atoms with Gasteiger partial charge in [-0.05, 0) is 24.1 Å². The molecular weight excluding hydrogens is 285 g/mol. The minimum Gasteiger partial charge on any atom is -0.316 e. The van der Waals surface area contributed by atoms with Crippen LogP contribution in [0.25, 0.3) is 11.3 Å². The van der Waals surface area contributed by atoms with Crippen LogP contribution in [-0.4, -0.2) is 9.97 Å². The number of nitrogens with one attached hydrogen (secondary N) is 1. The summed E-state index contributed by atoms with van der Waals surface area (Å²) in [7, 11) is 0. The highest BCUT2D eigenvalue weighted by molar-refractivity contribution is 7.14. The van der Waals surface area contributed by atoms with Crippen molar-refractivity contribution in [2.45, 2.75) is 13.3 Å². The van der Waals surface area contributed by atoms with E-state index in [4.69, 9.17) is 0 Å². The van der Waals surface area contributed by atoms with E-state index in [0.717, 1.165) is 22.8 Å². The fraction of sp³-hybridized carbons (Fsp3) is 0.125. The standard InChI is InChI=1S/C16H14FN3S/c1-2-11-3-5-12(6-4-11)14-10-21-16(19-14)20-15-8-7-13(17)9-18-15/h3-10H,2H2,1H3,(H,18,19,20). The molecule has 21 heavy (non-hydrogen) atoms. The number of halogens is 1. The molecule has 0 atom stereocenters. The van der Waals surface area contributed by atoms with Crippen molar-refractivity contribution in [2.24, 2.45) is 0 Å². The van der Waals surface area contributed by atoms with Gasteiger partial charge in [-0.2, -0.15) is 0 Å². The van der Waals surface area contributed by atoms with Gasteiger partial charge in [0, 0.05) is 10.9 Å². The minimum atomic E-state index is -0.351. The summed E-state index contributed by atoms with van der Waals surface area (Å²) in [5.74, 6) is 0.232. The molecule has 1 aromatic carbocycles. The second kappa shape index (κ2) is 6.01. The lowest BCUT2D eigenvalue weighted by molar-refractivity contribution is 0.622. The maximum absolute atomic E-state index is 12.8. The molecule has 2 heterocycles. The zero-order chi connectivity index (χ0) is 14.7. The van der Waals surface area contributed by atoms with Crippen molar-refractivity contribution in [3.05, 3.63) is 59.4 Å². The van der Waals surface area contributed by atoms with Crippen molar-refractivity contribution in [1.82, 2.24) is 9.97 Å². The second-order valence-corrected chi connectivity index (χ2v) is 5.43. The fourth-order valence-electron chi connectivity index (χ4n) is 1.93. The molecule has 0 saturated heterocycles. The number of hydrogen-bond donors (Lipinski definition) is 1. The van der Waals surface area contributed by atoms with Gasteiger partial charge >= 0.3 is 0 Å². The maximum Gasteiger partial charge on any atom is 0.188 e. The van der Waals surface area contributed by atoms with Crippen LogP contribution in [0.5, 0.6) is 0 Å². The summed E-state index contributed by atoms with van der Waals surface area (Å²) in [6, 6.07) is 11.3. The van der Waals surface area contributed by atoms with Gasteiger partial charge in [0.2, 0.25) is 0 Å². The van der Waals surface area contributed by atoms with Crippen LogP contribution in [0.4, 0.5) is 15.3 Å². The molecule has 0 fully saturated rings. The molecule has 3 aromatic rings. The normalized spacial score (nSPS) is 10.6. The van der Waals surface area contributed by atoms with Gasteiger partial charge < -0.3 is 5.32 Å². The molecular formula is C16H14FN3S. The van der Waals surface area contributed by atoms with Crippen molar-refractivity contribution in [2.75, 3.05) is 5.32 Å². The molecule has 5 heteroatoms. The fourth-order valence-corrected chi connectivity index (χ4v) is 2.66. The van der Waals surface area contributed by atoms with Gasteiger partial charge in [0.15, 0.2) is 5.13 Å². The summed E-state index contributed by atoms with van der Waals surface area (Å²) in [4.78, 5) is 8.49. The summed E-state index contributed by atoms with van der Waals surface area (Å²) in [5, 5.41) is 5.81. The van der Waals surface area contributed by atoms with Crippen LogP contribution in [-0.2, 0) is 6.42 Å². The van der Waals surface area contributed by atoms with Gasteiger partial charge in [-0.15, -0.1) is 11.3 Å². The van der Waals surface area contributed by atoms with E-state index in [1.807, 2.05) is 5.38 Å². The zero-order valence-corrected chi connectivity index (χ0v) is 12.3. The topological polar surface area (TPSA) is 37.8 Å². The first kappa shape index (κ1) is 13.7. The van der Waals surface area contributed by atoms with Crippen molar-refractivity contribution in [1.29, 1.82) is 0 Å². The SMILES string of the molecule is CCc1ccc(-c2csc(Nc3ccc(F)cn3)n2)cc1. The van der Waals surface area contributed by atoms with E-state index in [2.05, 4.69) is 46.5 Å². The predicted octanol–water partition coefficient (Wildman–Crippen LogP) is 4.65. The number of anilines is 2. The largest absolute Gasteiger partial charge is 0.316 e. The lowest BCUT2D eigenvalue weighted by Gasteiger charge is -2.01. The molecule has 0 spiro atoms. The van der Waals surface area contributed by atoms with Crippen LogP contribution in [0.1, 0.15) is 12.5 Å². The molecule has 0 aliphatic carbocycles. The Morgan fingerprint density at radius 1 is 1.14 bits per heavy atom.